The summed E-state index contributed by atoms with van der Waals surface area (Å²) in [6.07, 6.45) is 7.87. The number of carbonyl (C=O) groups is 3. The zero-order valence-electron chi connectivity index (χ0n) is 15.2. The number of likely N-dealkylation sites (tertiary alicyclic amines) is 1. The molecule has 0 saturated carbocycles. The van der Waals surface area contributed by atoms with E-state index in [1.165, 1.54) is 17.1 Å². The van der Waals surface area contributed by atoms with Gasteiger partial charge in [0.15, 0.2) is 0 Å². The van der Waals surface area contributed by atoms with Crippen LogP contribution in [0, 0.1) is 11.3 Å². The molecule has 3 amide bonds. The van der Waals surface area contributed by atoms with Crippen LogP contribution >= 0.6 is 0 Å². The summed E-state index contributed by atoms with van der Waals surface area (Å²) in [7, 11) is 0. The molecule has 0 radical (unpaired) electrons. The molecular formula is C19H30N2O3. The maximum Gasteiger partial charge on any atom is 0.253 e. The quantitative estimate of drug-likeness (QED) is 0.506. The number of imide groups is 1. The Kier molecular flexibility index (Phi) is 6.19. The average Bonchev–Trinajstić information content (AvgIpc) is 3.13. The third kappa shape index (κ3) is 4.05. The first-order chi connectivity index (χ1) is 11.4. The Hall–Kier alpha value is -1.65. The summed E-state index contributed by atoms with van der Waals surface area (Å²) in [6.45, 7) is 8.97. The fourth-order valence-electron chi connectivity index (χ4n) is 3.81. The highest BCUT2D eigenvalue weighted by Gasteiger charge is 2.40. The second-order valence-corrected chi connectivity index (χ2v) is 7.41. The molecule has 0 N–H and O–H groups in total. The van der Waals surface area contributed by atoms with E-state index in [-0.39, 0.29) is 17.7 Å². The van der Waals surface area contributed by atoms with Crippen molar-refractivity contribution in [3.8, 4) is 0 Å². The third-order valence-corrected chi connectivity index (χ3v) is 5.84. The molecule has 2 heterocycles. The minimum Gasteiger partial charge on any atom is -0.342 e. The molecule has 0 bridgehead atoms. The second-order valence-electron chi connectivity index (χ2n) is 7.41. The lowest BCUT2D eigenvalue weighted by molar-refractivity contribution is -0.137. The highest BCUT2D eigenvalue weighted by atomic mass is 16.2. The molecule has 134 valence electrons. The number of rotatable bonds is 8. The van der Waals surface area contributed by atoms with Gasteiger partial charge in [0.05, 0.1) is 0 Å². The maximum atomic E-state index is 12.4. The molecule has 5 nitrogen and oxygen atoms in total. The molecule has 1 atom stereocenters. The van der Waals surface area contributed by atoms with E-state index in [0.29, 0.717) is 24.3 Å². The van der Waals surface area contributed by atoms with Crippen LogP contribution in [0.2, 0.25) is 0 Å². The SMILES string of the molecule is CCC1(C(C)C)CCN(C(=O)CCCCCN2C(=O)C=CC2=O)C1. The van der Waals surface area contributed by atoms with E-state index in [1.54, 1.807) is 0 Å². The van der Waals surface area contributed by atoms with E-state index in [9.17, 15) is 14.4 Å². The second kappa shape index (κ2) is 7.95. The molecule has 5 heteroatoms. The summed E-state index contributed by atoms with van der Waals surface area (Å²) in [5, 5.41) is 0. The van der Waals surface area contributed by atoms with Gasteiger partial charge in [-0.1, -0.05) is 27.2 Å². The first kappa shape index (κ1) is 18.7. The molecule has 1 fully saturated rings. The fraction of sp³-hybridized carbons (Fsp3) is 0.737. The topological polar surface area (TPSA) is 57.7 Å². The van der Waals surface area contributed by atoms with Gasteiger partial charge in [0, 0.05) is 38.2 Å². The lowest BCUT2D eigenvalue weighted by Crippen LogP contribution is -2.34. The summed E-state index contributed by atoms with van der Waals surface area (Å²) in [6, 6.07) is 0. The third-order valence-electron chi connectivity index (χ3n) is 5.84. The van der Waals surface area contributed by atoms with E-state index in [4.69, 9.17) is 0 Å². The van der Waals surface area contributed by atoms with Crippen LogP contribution in [0.15, 0.2) is 12.2 Å². The van der Waals surface area contributed by atoms with E-state index in [2.05, 4.69) is 20.8 Å². The van der Waals surface area contributed by atoms with Gasteiger partial charge in [-0.25, -0.2) is 0 Å². The van der Waals surface area contributed by atoms with Crippen molar-refractivity contribution < 1.29 is 14.4 Å². The normalized spacial score (nSPS) is 23.8. The van der Waals surface area contributed by atoms with Crippen LogP contribution in [0.5, 0.6) is 0 Å². The number of unbranched alkanes of at least 4 members (excludes halogenated alkanes) is 2. The van der Waals surface area contributed by atoms with Gasteiger partial charge in [-0.15, -0.1) is 0 Å². The van der Waals surface area contributed by atoms with Crippen LogP contribution in [0.3, 0.4) is 0 Å². The molecule has 1 unspecified atom stereocenters. The lowest BCUT2D eigenvalue weighted by atomic mass is 9.74. The van der Waals surface area contributed by atoms with Crippen molar-refractivity contribution in [1.82, 2.24) is 9.80 Å². The lowest BCUT2D eigenvalue weighted by Gasteiger charge is -2.32. The van der Waals surface area contributed by atoms with Gasteiger partial charge >= 0.3 is 0 Å². The van der Waals surface area contributed by atoms with Gasteiger partial charge < -0.3 is 4.90 Å². The van der Waals surface area contributed by atoms with Crippen LogP contribution < -0.4 is 0 Å². The van der Waals surface area contributed by atoms with E-state index >= 15 is 0 Å². The molecule has 0 aromatic rings. The Balaban J connectivity index is 1.65. The van der Waals surface area contributed by atoms with Crippen molar-refractivity contribution in [3.05, 3.63) is 12.2 Å². The smallest absolute Gasteiger partial charge is 0.253 e. The van der Waals surface area contributed by atoms with Crippen molar-refractivity contribution in [3.63, 3.8) is 0 Å². The van der Waals surface area contributed by atoms with Crippen LogP contribution in [0.4, 0.5) is 0 Å². The largest absolute Gasteiger partial charge is 0.342 e. The van der Waals surface area contributed by atoms with Crippen LogP contribution in [0.25, 0.3) is 0 Å². The Morgan fingerprint density at radius 3 is 2.38 bits per heavy atom. The maximum absolute atomic E-state index is 12.4. The summed E-state index contributed by atoms with van der Waals surface area (Å²) < 4.78 is 0. The average molecular weight is 334 g/mol. The molecule has 0 aromatic carbocycles. The van der Waals surface area contributed by atoms with E-state index < -0.39 is 0 Å². The summed E-state index contributed by atoms with van der Waals surface area (Å²) in [4.78, 5) is 38.6. The molecule has 2 aliphatic heterocycles. The summed E-state index contributed by atoms with van der Waals surface area (Å²) in [5.41, 5.74) is 0.291. The Bertz CT molecular complexity index is 509. The molecule has 0 aliphatic carbocycles. The number of amides is 3. The van der Waals surface area contributed by atoms with Crippen LogP contribution in [-0.4, -0.2) is 47.2 Å². The summed E-state index contributed by atoms with van der Waals surface area (Å²) >= 11 is 0. The molecule has 0 spiro atoms. The van der Waals surface area contributed by atoms with Gasteiger partial charge in [-0.3, -0.25) is 19.3 Å². The van der Waals surface area contributed by atoms with Crippen molar-refractivity contribution in [1.29, 1.82) is 0 Å². The van der Waals surface area contributed by atoms with Crippen molar-refractivity contribution in [2.75, 3.05) is 19.6 Å². The minimum atomic E-state index is -0.224. The first-order valence-corrected chi connectivity index (χ1v) is 9.21. The molecule has 0 aromatic heterocycles. The predicted molar refractivity (Wildman–Crippen MR) is 93.1 cm³/mol. The molecule has 2 aliphatic rings. The van der Waals surface area contributed by atoms with E-state index in [1.807, 2.05) is 4.90 Å². The van der Waals surface area contributed by atoms with Gasteiger partial charge in [0.1, 0.15) is 0 Å². The first-order valence-electron chi connectivity index (χ1n) is 9.21. The van der Waals surface area contributed by atoms with E-state index in [0.717, 1.165) is 45.2 Å². The van der Waals surface area contributed by atoms with Crippen molar-refractivity contribution in [2.45, 2.75) is 59.3 Å². The van der Waals surface area contributed by atoms with Gasteiger partial charge in [0.2, 0.25) is 5.91 Å². The zero-order valence-corrected chi connectivity index (χ0v) is 15.2. The number of hydrogen-bond acceptors (Lipinski definition) is 3. The predicted octanol–water partition coefficient (Wildman–Crippen LogP) is 2.76. The van der Waals surface area contributed by atoms with Crippen molar-refractivity contribution >= 4 is 17.7 Å². The Labute approximate surface area is 145 Å². The van der Waals surface area contributed by atoms with Crippen LogP contribution in [-0.2, 0) is 14.4 Å². The fourth-order valence-corrected chi connectivity index (χ4v) is 3.81. The van der Waals surface area contributed by atoms with Gasteiger partial charge in [-0.2, -0.15) is 0 Å². The Morgan fingerprint density at radius 2 is 1.83 bits per heavy atom. The number of nitrogens with zero attached hydrogens (tertiary/aromatic N) is 2. The van der Waals surface area contributed by atoms with Crippen LogP contribution in [0.1, 0.15) is 59.3 Å². The van der Waals surface area contributed by atoms with Gasteiger partial charge in [-0.05, 0) is 37.0 Å². The summed E-state index contributed by atoms with van der Waals surface area (Å²) in [5.74, 6) is 0.404. The molecule has 2 rings (SSSR count). The number of hydrogen-bond donors (Lipinski definition) is 0. The number of carbonyl (C=O) groups excluding carboxylic acids is 3. The standard InChI is InChI=1S/C19H30N2O3/c1-4-19(15(2)3)11-13-20(14-19)16(22)8-6-5-7-12-21-17(23)9-10-18(21)24/h9-10,15H,4-8,11-14H2,1-3H3. The molecule has 1 saturated heterocycles. The highest BCUT2D eigenvalue weighted by Crippen LogP contribution is 2.40. The Morgan fingerprint density at radius 1 is 1.17 bits per heavy atom. The molecular weight excluding hydrogens is 304 g/mol. The van der Waals surface area contributed by atoms with Crippen molar-refractivity contribution in [2.24, 2.45) is 11.3 Å². The highest BCUT2D eigenvalue weighted by molar-refractivity contribution is 6.12. The monoisotopic (exact) mass is 334 g/mol. The van der Waals surface area contributed by atoms with Gasteiger partial charge in [0.25, 0.3) is 11.8 Å². The minimum absolute atomic E-state index is 0.224. The zero-order chi connectivity index (χ0) is 17.7. The molecule has 24 heavy (non-hydrogen) atoms.